The third kappa shape index (κ3) is 3.52. The lowest BCUT2D eigenvalue weighted by molar-refractivity contribution is 0.0565. The maximum Gasteiger partial charge on any atom is 0.270 e. The second-order valence-corrected chi connectivity index (χ2v) is 8.06. The van der Waals surface area contributed by atoms with Gasteiger partial charge in [0.25, 0.3) is 5.91 Å². The van der Waals surface area contributed by atoms with Crippen LogP contribution >= 0.6 is 0 Å². The Kier molecular flexibility index (Phi) is 4.87. The molecule has 0 radical (unpaired) electrons. The molecule has 1 saturated heterocycles. The summed E-state index contributed by atoms with van der Waals surface area (Å²) in [6.45, 7) is 2.78. The molecule has 0 bridgehead atoms. The van der Waals surface area contributed by atoms with Crippen LogP contribution in [0.3, 0.4) is 0 Å². The van der Waals surface area contributed by atoms with Crippen LogP contribution in [0.5, 0.6) is 0 Å². The van der Waals surface area contributed by atoms with Crippen LogP contribution in [-0.2, 0) is 6.42 Å². The molecule has 2 aromatic heterocycles. The number of fused-ring (bicyclic) bond motifs is 1. The molecule has 30 heavy (non-hydrogen) atoms. The summed E-state index contributed by atoms with van der Waals surface area (Å²) in [5, 5.41) is 1.09. The Labute approximate surface area is 175 Å². The van der Waals surface area contributed by atoms with E-state index in [2.05, 4.69) is 35.1 Å². The third-order valence-electron chi connectivity index (χ3n) is 5.95. The molecule has 1 fully saturated rings. The fourth-order valence-electron chi connectivity index (χ4n) is 4.36. The molecule has 1 atom stereocenters. The van der Waals surface area contributed by atoms with Crippen molar-refractivity contribution in [3.05, 3.63) is 89.3 Å². The van der Waals surface area contributed by atoms with E-state index < -0.39 is 0 Å². The molecular formula is C25H25N3O2. The number of benzene rings is 2. The minimum atomic E-state index is -0.122. The Hall–Kier alpha value is -3.34. The molecule has 1 amide bonds. The van der Waals surface area contributed by atoms with Gasteiger partial charge in [0.15, 0.2) is 0 Å². The average molecular weight is 399 g/mol. The van der Waals surface area contributed by atoms with Gasteiger partial charge in [-0.2, -0.15) is 0 Å². The molecule has 0 spiro atoms. The first-order valence-corrected chi connectivity index (χ1v) is 10.6. The van der Waals surface area contributed by atoms with Gasteiger partial charge in [0, 0.05) is 23.9 Å². The van der Waals surface area contributed by atoms with Crippen molar-refractivity contribution in [3.63, 3.8) is 0 Å². The quantitative estimate of drug-likeness (QED) is 0.498. The summed E-state index contributed by atoms with van der Waals surface area (Å²) >= 11 is 0. The van der Waals surface area contributed by atoms with E-state index in [0.29, 0.717) is 24.6 Å². The molecule has 3 heterocycles. The van der Waals surface area contributed by atoms with Gasteiger partial charge in [0.1, 0.15) is 17.5 Å². The van der Waals surface area contributed by atoms with Crippen molar-refractivity contribution in [2.24, 2.45) is 0 Å². The second-order valence-electron chi connectivity index (χ2n) is 8.06. The molecule has 2 aromatic carbocycles. The molecule has 0 aliphatic carbocycles. The van der Waals surface area contributed by atoms with Crippen LogP contribution in [0.15, 0.2) is 65.2 Å². The maximum absolute atomic E-state index is 13.4. The fraction of sp³-hybridized carbons (Fsp3) is 0.280. The smallest absolute Gasteiger partial charge is 0.270 e. The Morgan fingerprint density at radius 2 is 2.03 bits per heavy atom. The van der Waals surface area contributed by atoms with E-state index in [9.17, 15) is 4.79 Å². The number of aromatic nitrogens is 2. The molecule has 4 aromatic rings. The van der Waals surface area contributed by atoms with Gasteiger partial charge in [0.05, 0.1) is 6.20 Å². The number of nitrogens with one attached hydrogen (secondary N) is 1. The number of amides is 1. The van der Waals surface area contributed by atoms with E-state index in [-0.39, 0.29) is 11.9 Å². The summed E-state index contributed by atoms with van der Waals surface area (Å²) in [5.41, 5.74) is 3.97. The molecule has 0 unspecified atom stereocenters. The molecule has 5 nitrogen and oxygen atoms in total. The van der Waals surface area contributed by atoms with Crippen molar-refractivity contribution in [2.75, 3.05) is 6.54 Å². The Bertz CT molecular complexity index is 1180. The van der Waals surface area contributed by atoms with E-state index in [4.69, 9.17) is 4.42 Å². The van der Waals surface area contributed by atoms with Crippen molar-refractivity contribution < 1.29 is 9.21 Å². The van der Waals surface area contributed by atoms with Crippen LogP contribution in [0, 0.1) is 6.92 Å². The predicted molar refractivity (Wildman–Crippen MR) is 116 cm³/mol. The Morgan fingerprint density at radius 1 is 1.17 bits per heavy atom. The molecule has 1 N–H and O–H groups in total. The zero-order valence-electron chi connectivity index (χ0n) is 17.1. The minimum Gasteiger partial charge on any atom is -0.443 e. The number of carbonyl (C=O) groups is 1. The summed E-state index contributed by atoms with van der Waals surface area (Å²) in [6, 6.07) is 18.1. The third-order valence-corrected chi connectivity index (χ3v) is 5.95. The van der Waals surface area contributed by atoms with Gasteiger partial charge in [0.2, 0.25) is 5.89 Å². The lowest BCUT2D eigenvalue weighted by Crippen LogP contribution is -2.38. The number of H-pyrrole nitrogens is 1. The van der Waals surface area contributed by atoms with Gasteiger partial charge < -0.3 is 14.3 Å². The number of rotatable bonds is 4. The summed E-state index contributed by atoms with van der Waals surface area (Å²) < 4.78 is 6.11. The first-order chi connectivity index (χ1) is 14.7. The standard InChI is InChI=1S/C25H25N3O2/c1-17-8-7-11-21-20(17)15-22(27-21)25(29)28-13-6-5-12-23(28)24-26-16-19(30-24)14-18-9-3-2-4-10-18/h2-4,7-11,15-16,23,27H,5-6,12-14H2,1H3/t23-/m0/s1. The zero-order chi connectivity index (χ0) is 20.5. The molecule has 0 saturated carbocycles. The van der Waals surface area contributed by atoms with Crippen LogP contribution in [-0.4, -0.2) is 27.3 Å². The zero-order valence-corrected chi connectivity index (χ0v) is 17.1. The van der Waals surface area contributed by atoms with Crippen LogP contribution in [0.4, 0.5) is 0 Å². The van der Waals surface area contributed by atoms with E-state index in [1.807, 2.05) is 41.3 Å². The molecule has 152 valence electrons. The van der Waals surface area contributed by atoms with Crippen LogP contribution < -0.4 is 0 Å². The van der Waals surface area contributed by atoms with Crippen molar-refractivity contribution >= 4 is 16.8 Å². The maximum atomic E-state index is 13.4. The van der Waals surface area contributed by atoms with Crippen LogP contribution in [0.1, 0.15) is 58.6 Å². The van der Waals surface area contributed by atoms with Gasteiger partial charge in [-0.15, -0.1) is 0 Å². The van der Waals surface area contributed by atoms with Crippen molar-refractivity contribution in [2.45, 2.75) is 38.6 Å². The molecule has 1 aliphatic rings. The van der Waals surface area contributed by atoms with Gasteiger partial charge >= 0.3 is 0 Å². The first kappa shape index (κ1) is 18.7. The number of oxazole rings is 1. The summed E-state index contributed by atoms with van der Waals surface area (Å²) in [7, 11) is 0. The molecule has 5 rings (SSSR count). The summed E-state index contributed by atoms with van der Waals surface area (Å²) in [4.78, 5) is 23.2. The highest BCUT2D eigenvalue weighted by molar-refractivity contribution is 5.99. The topological polar surface area (TPSA) is 62.1 Å². The number of likely N-dealkylation sites (tertiary alicyclic amines) is 1. The number of aryl methyl sites for hydroxylation is 1. The first-order valence-electron chi connectivity index (χ1n) is 10.6. The number of hydrogen-bond acceptors (Lipinski definition) is 3. The normalized spacial score (nSPS) is 16.8. The number of piperidine rings is 1. The Morgan fingerprint density at radius 3 is 2.87 bits per heavy atom. The highest BCUT2D eigenvalue weighted by Crippen LogP contribution is 2.33. The van der Waals surface area contributed by atoms with E-state index >= 15 is 0 Å². The van der Waals surface area contributed by atoms with E-state index in [1.165, 1.54) is 5.56 Å². The predicted octanol–water partition coefficient (Wildman–Crippen LogP) is 5.42. The van der Waals surface area contributed by atoms with Gasteiger partial charge in [-0.1, -0.05) is 42.5 Å². The van der Waals surface area contributed by atoms with Crippen molar-refractivity contribution in [1.29, 1.82) is 0 Å². The SMILES string of the molecule is Cc1cccc2[nH]c(C(=O)N3CCCC[C@H]3c3ncc(Cc4ccccc4)o3)cc12. The van der Waals surface area contributed by atoms with Gasteiger partial charge in [-0.3, -0.25) is 4.79 Å². The van der Waals surface area contributed by atoms with Gasteiger partial charge in [-0.05, 0) is 49.4 Å². The van der Waals surface area contributed by atoms with Crippen molar-refractivity contribution in [3.8, 4) is 0 Å². The van der Waals surface area contributed by atoms with Crippen LogP contribution in [0.2, 0.25) is 0 Å². The van der Waals surface area contributed by atoms with E-state index in [1.54, 1.807) is 6.20 Å². The highest BCUT2D eigenvalue weighted by Gasteiger charge is 2.32. The number of hydrogen-bond donors (Lipinski definition) is 1. The molecular weight excluding hydrogens is 374 g/mol. The number of nitrogens with zero attached hydrogens (tertiary/aromatic N) is 2. The Balaban J connectivity index is 1.40. The lowest BCUT2D eigenvalue weighted by atomic mass is 10.0. The summed E-state index contributed by atoms with van der Waals surface area (Å²) in [5.74, 6) is 1.48. The van der Waals surface area contributed by atoms with E-state index in [0.717, 1.165) is 41.5 Å². The monoisotopic (exact) mass is 399 g/mol. The molecule has 1 aliphatic heterocycles. The van der Waals surface area contributed by atoms with Gasteiger partial charge in [-0.25, -0.2) is 4.98 Å². The molecule has 5 heteroatoms. The second kappa shape index (κ2) is 7.82. The highest BCUT2D eigenvalue weighted by atomic mass is 16.4. The lowest BCUT2D eigenvalue weighted by Gasteiger charge is -2.33. The number of carbonyl (C=O) groups excluding carboxylic acids is 1. The number of aromatic amines is 1. The summed E-state index contributed by atoms with van der Waals surface area (Å²) in [6.07, 6.45) is 5.44. The minimum absolute atomic E-state index is 0.0121. The largest absolute Gasteiger partial charge is 0.443 e. The average Bonchev–Trinajstić information content (AvgIpc) is 3.42. The van der Waals surface area contributed by atoms with Crippen LogP contribution in [0.25, 0.3) is 10.9 Å². The fourth-order valence-corrected chi connectivity index (χ4v) is 4.36. The van der Waals surface area contributed by atoms with Crippen molar-refractivity contribution in [1.82, 2.24) is 14.9 Å².